The molecule has 280 valence electrons. The number of phosphoric ester groups is 1. The molecule has 0 radical (unpaired) electrons. The Morgan fingerprint density at radius 1 is 0.729 bits per heavy atom. The lowest BCUT2D eigenvalue weighted by atomic mass is 9.85. The van der Waals surface area contributed by atoms with E-state index in [0.717, 1.165) is 51.4 Å². The molecule has 1 rings (SSSR count). The Balaban J connectivity index is 2.77. The maximum absolute atomic E-state index is 12.8. The molecule has 0 aromatic carbocycles. The summed E-state index contributed by atoms with van der Waals surface area (Å²) in [6.07, 6.45) is 10.2. The fourth-order valence-electron chi connectivity index (χ4n) is 5.17. The summed E-state index contributed by atoms with van der Waals surface area (Å²) in [5.41, 5.74) is 0. The average Bonchev–Trinajstić information content (AvgIpc) is 3.05. The van der Waals surface area contributed by atoms with E-state index in [4.69, 9.17) is 9.05 Å². The third kappa shape index (κ3) is 18.5. The molecule has 9 N–H and O–H groups in total. The van der Waals surface area contributed by atoms with Crippen molar-refractivity contribution in [1.82, 2.24) is 5.32 Å². The predicted molar refractivity (Wildman–Crippen MR) is 183 cm³/mol. The van der Waals surface area contributed by atoms with Crippen molar-refractivity contribution in [3.8, 4) is 0 Å². The van der Waals surface area contributed by atoms with Crippen molar-refractivity contribution in [3.63, 3.8) is 0 Å². The van der Waals surface area contributed by atoms with Crippen molar-refractivity contribution in [2.45, 2.75) is 165 Å². The Kier molecular flexibility index (Phi) is 23.6. The first kappa shape index (κ1) is 44.5. The maximum atomic E-state index is 12.8. The average molecular weight is 708 g/mol. The monoisotopic (exact) mass is 707 g/mol. The van der Waals surface area contributed by atoms with Crippen LogP contribution in [0.1, 0.15) is 110 Å². The van der Waals surface area contributed by atoms with E-state index in [1.807, 2.05) is 0 Å². The van der Waals surface area contributed by atoms with Crippen LogP contribution in [0.25, 0.3) is 0 Å². The zero-order chi connectivity index (χ0) is 36.0. The lowest BCUT2D eigenvalue weighted by Crippen LogP contribution is -2.64. The molecule has 0 aliphatic heterocycles. The number of phosphoric acid groups is 1. The number of amides is 1. The van der Waals surface area contributed by atoms with Crippen LogP contribution in [0.4, 0.5) is 0 Å². The molecular weight excluding hydrogens is 645 g/mol. The Morgan fingerprint density at radius 3 is 1.85 bits per heavy atom. The van der Waals surface area contributed by atoms with Crippen LogP contribution < -0.4 is 5.32 Å². The summed E-state index contributed by atoms with van der Waals surface area (Å²) < 4.78 is 22.6. The standard InChI is InChI=1S/C34H62NO12P/c1-3-5-7-9-11-13-14-16-18-20-22-27(37)26(35-28(38)23-25(36)21-19-17-15-12-10-8-6-4-2)24-46-48(44,45)47-34-32(42)30(40)29(39)31(41)33(34)43/h10,12-14,20,22,25-27,29-34,36-37,39-43H,3-9,11,15-19,21,23-24H2,1-2H3,(H,35,38)(H,44,45)/b12-10-,14-13+,22-20+. The Hall–Kier alpha value is -1.48. The van der Waals surface area contributed by atoms with Crippen molar-refractivity contribution in [3.05, 3.63) is 36.5 Å². The van der Waals surface area contributed by atoms with Gasteiger partial charge in [0.1, 0.15) is 36.6 Å². The van der Waals surface area contributed by atoms with Gasteiger partial charge in [0.25, 0.3) is 0 Å². The van der Waals surface area contributed by atoms with E-state index in [1.165, 1.54) is 25.3 Å². The number of unbranched alkanes of at least 4 members (excludes halogenated alkanes) is 9. The quantitative estimate of drug-likeness (QED) is 0.0359. The van der Waals surface area contributed by atoms with E-state index in [-0.39, 0.29) is 6.42 Å². The van der Waals surface area contributed by atoms with Gasteiger partial charge in [-0.1, -0.05) is 88.8 Å². The normalized spacial score (nSPS) is 26.6. The Morgan fingerprint density at radius 2 is 1.25 bits per heavy atom. The topological polar surface area (TPSA) is 226 Å². The van der Waals surface area contributed by atoms with E-state index in [2.05, 4.69) is 43.5 Å². The highest BCUT2D eigenvalue weighted by atomic mass is 31.2. The summed E-state index contributed by atoms with van der Waals surface area (Å²) in [7, 11) is -5.13. The van der Waals surface area contributed by atoms with Gasteiger partial charge in [0.15, 0.2) is 0 Å². The second-order valence-corrected chi connectivity index (χ2v) is 13.9. The predicted octanol–water partition coefficient (Wildman–Crippen LogP) is 3.07. The van der Waals surface area contributed by atoms with Gasteiger partial charge < -0.3 is 46.0 Å². The molecule has 0 aromatic rings. The molecule has 8 unspecified atom stereocenters. The summed E-state index contributed by atoms with van der Waals surface area (Å²) in [5.74, 6) is -0.624. The third-order valence-corrected chi connectivity index (χ3v) is 9.18. The molecule has 0 spiro atoms. The van der Waals surface area contributed by atoms with Gasteiger partial charge in [-0.15, -0.1) is 0 Å². The van der Waals surface area contributed by atoms with E-state index < -0.39 is 75.2 Å². The molecule has 1 amide bonds. The minimum Gasteiger partial charge on any atom is -0.393 e. The van der Waals surface area contributed by atoms with Crippen LogP contribution in [0.15, 0.2) is 36.5 Å². The van der Waals surface area contributed by atoms with Crippen molar-refractivity contribution in [1.29, 1.82) is 0 Å². The minimum absolute atomic E-state index is 0.270. The molecule has 13 nitrogen and oxygen atoms in total. The van der Waals surface area contributed by atoms with Gasteiger partial charge in [-0.3, -0.25) is 13.8 Å². The zero-order valence-corrected chi connectivity index (χ0v) is 29.5. The number of nitrogens with one attached hydrogen (secondary N) is 1. The highest BCUT2D eigenvalue weighted by molar-refractivity contribution is 7.47. The zero-order valence-electron chi connectivity index (χ0n) is 28.6. The van der Waals surface area contributed by atoms with Crippen LogP contribution in [-0.2, 0) is 18.4 Å². The molecule has 14 heteroatoms. The first-order valence-electron chi connectivity index (χ1n) is 17.5. The van der Waals surface area contributed by atoms with E-state index in [1.54, 1.807) is 6.08 Å². The molecule has 1 saturated carbocycles. The lowest BCUT2D eigenvalue weighted by Gasteiger charge is -2.41. The molecule has 0 bridgehead atoms. The summed E-state index contributed by atoms with van der Waals surface area (Å²) in [6, 6.07) is -1.26. The molecule has 48 heavy (non-hydrogen) atoms. The third-order valence-electron chi connectivity index (χ3n) is 8.20. The van der Waals surface area contributed by atoms with Gasteiger partial charge in [-0.05, 0) is 51.4 Å². The van der Waals surface area contributed by atoms with E-state index >= 15 is 0 Å². The van der Waals surface area contributed by atoms with Crippen LogP contribution in [0.5, 0.6) is 0 Å². The van der Waals surface area contributed by atoms with Gasteiger partial charge in [0.2, 0.25) is 5.91 Å². The molecule has 1 fully saturated rings. The van der Waals surface area contributed by atoms with Crippen molar-refractivity contribution < 1.29 is 59.0 Å². The van der Waals surface area contributed by atoms with Crippen molar-refractivity contribution in [2.24, 2.45) is 0 Å². The van der Waals surface area contributed by atoms with Crippen LogP contribution >= 0.6 is 7.82 Å². The second kappa shape index (κ2) is 25.5. The smallest absolute Gasteiger partial charge is 0.393 e. The first-order valence-corrected chi connectivity index (χ1v) is 19.0. The summed E-state index contributed by atoms with van der Waals surface area (Å²) >= 11 is 0. The van der Waals surface area contributed by atoms with Crippen molar-refractivity contribution >= 4 is 13.7 Å². The van der Waals surface area contributed by atoms with Gasteiger partial charge in [-0.25, -0.2) is 4.57 Å². The number of carbonyl (C=O) groups is 1. The minimum atomic E-state index is -5.13. The first-order chi connectivity index (χ1) is 22.8. The van der Waals surface area contributed by atoms with Gasteiger partial charge in [0, 0.05) is 0 Å². The van der Waals surface area contributed by atoms with Crippen molar-refractivity contribution in [2.75, 3.05) is 6.61 Å². The SMILES string of the molecule is CCCC/C=C\CCCCC(O)CC(=O)NC(COP(=O)(O)OC1C(O)C(O)C(O)C(O)C1O)C(O)/C=C/CC/C=C/CCCCCC. The number of aliphatic hydroxyl groups excluding tert-OH is 7. The Bertz CT molecular complexity index is 979. The molecule has 1 aliphatic rings. The number of rotatable bonds is 26. The highest BCUT2D eigenvalue weighted by Gasteiger charge is 2.51. The van der Waals surface area contributed by atoms with Crippen LogP contribution in [0.2, 0.25) is 0 Å². The number of carbonyl (C=O) groups excluding carboxylic acids is 1. The van der Waals surface area contributed by atoms with Crippen LogP contribution in [0, 0.1) is 0 Å². The molecule has 0 heterocycles. The maximum Gasteiger partial charge on any atom is 0.472 e. The number of aliphatic hydroxyl groups is 7. The number of hydrogen-bond donors (Lipinski definition) is 9. The summed E-state index contributed by atoms with van der Waals surface area (Å²) in [4.78, 5) is 23.1. The molecule has 0 saturated heterocycles. The fourth-order valence-corrected chi connectivity index (χ4v) is 6.14. The summed E-state index contributed by atoms with van der Waals surface area (Å²) in [6.45, 7) is 3.54. The Labute approximate surface area is 286 Å². The molecule has 1 aliphatic carbocycles. The van der Waals surface area contributed by atoms with Crippen LogP contribution in [-0.4, -0.2) is 108 Å². The van der Waals surface area contributed by atoms with E-state index in [9.17, 15) is 50.0 Å². The molecule has 8 atom stereocenters. The highest BCUT2D eigenvalue weighted by Crippen LogP contribution is 2.47. The van der Waals surface area contributed by atoms with Gasteiger partial charge in [-0.2, -0.15) is 0 Å². The summed E-state index contributed by atoms with van der Waals surface area (Å²) in [5, 5.41) is 73.6. The number of allylic oxidation sites excluding steroid dienone is 5. The molecular formula is C34H62NO12P. The van der Waals surface area contributed by atoms with Gasteiger partial charge in [0.05, 0.1) is 31.3 Å². The van der Waals surface area contributed by atoms with E-state index in [0.29, 0.717) is 19.3 Å². The van der Waals surface area contributed by atoms with Gasteiger partial charge >= 0.3 is 7.82 Å². The molecule has 0 aromatic heterocycles. The van der Waals surface area contributed by atoms with Crippen LogP contribution in [0.3, 0.4) is 0 Å². The number of hydrogen-bond acceptors (Lipinski definition) is 11. The lowest BCUT2D eigenvalue weighted by molar-refractivity contribution is -0.220. The second-order valence-electron chi connectivity index (χ2n) is 12.5. The fraction of sp³-hybridized carbons (Fsp3) is 0.794. The largest absolute Gasteiger partial charge is 0.472 e.